The molecule has 2 fully saturated rings. The van der Waals surface area contributed by atoms with E-state index < -0.39 is 12.1 Å². The van der Waals surface area contributed by atoms with E-state index in [1.54, 1.807) is 18.2 Å². The summed E-state index contributed by atoms with van der Waals surface area (Å²) in [7, 11) is 0. The summed E-state index contributed by atoms with van der Waals surface area (Å²) < 4.78 is 0.623. The Kier molecular flexibility index (Phi) is 3.37. The molecule has 106 valence electrons. The number of carbonyl (C=O) groups is 2. The number of piperidine rings is 1. The maximum atomic E-state index is 12.4. The monoisotopic (exact) mass is 339 g/mol. The molecule has 1 aromatic rings. The number of carbonyl (C=O) groups excluding carboxylic acids is 1. The number of aromatic nitrogens is 1. The van der Waals surface area contributed by atoms with Crippen molar-refractivity contribution in [3.8, 4) is 0 Å². The quantitative estimate of drug-likeness (QED) is 0.810. The number of nitrogens with zero attached hydrogens (tertiary/aromatic N) is 2. The number of fused-ring (bicyclic) bond motifs is 2. The summed E-state index contributed by atoms with van der Waals surface area (Å²) in [5.41, 5.74) is 0. The van der Waals surface area contributed by atoms with Crippen molar-refractivity contribution in [1.82, 2.24) is 9.88 Å². The normalized spacial score (nSPS) is 27.6. The predicted octanol–water partition coefficient (Wildman–Crippen LogP) is 2.31. The molecule has 1 saturated carbocycles. The molecule has 0 radical (unpaired) electrons. The Hall–Kier alpha value is -1.63. The Labute approximate surface area is 124 Å². The molecule has 2 N–H and O–H groups in total. The van der Waals surface area contributed by atoms with Gasteiger partial charge in [-0.05, 0) is 53.2 Å². The van der Waals surface area contributed by atoms with Gasteiger partial charge in [0.1, 0.15) is 16.5 Å². The first-order valence-corrected chi connectivity index (χ1v) is 7.30. The van der Waals surface area contributed by atoms with Gasteiger partial charge >= 0.3 is 6.09 Å². The molecule has 0 spiro atoms. The zero-order valence-electron chi connectivity index (χ0n) is 10.6. The number of hydrogen-bond donors (Lipinski definition) is 2. The van der Waals surface area contributed by atoms with E-state index in [9.17, 15) is 14.7 Å². The van der Waals surface area contributed by atoms with E-state index in [1.807, 2.05) is 0 Å². The Morgan fingerprint density at radius 1 is 1.40 bits per heavy atom. The molecule has 1 aromatic heterocycles. The Morgan fingerprint density at radius 3 is 2.90 bits per heavy atom. The van der Waals surface area contributed by atoms with Crippen molar-refractivity contribution >= 4 is 33.7 Å². The molecule has 1 aliphatic heterocycles. The minimum absolute atomic E-state index is 0.0104. The van der Waals surface area contributed by atoms with Crippen LogP contribution in [0.3, 0.4) is 0 Å². The van der Waals surface area contributed by atoms with Gasteiger partial charge in [0.25, 0.3) is 0 Å². The second-order valence-electron chi connectivity index (χ2n) is 5.20. The van der Waals surface area contributed by atoms with E-state index in [2.05, 4.69) is 26.2 Å². The van der Waals surface area contributed by atoms with Gasteiger partial charge < -0.3 is 10.4 Å². The minimum atomic E-state index is -1.01. The van der Waals surface area contributed by atoms with Crippen molar-refractivity contribution in [3.63, 3.8) is 0 Å². The zero-order valence-corrected chi connectivity index (χ0v) is 12.2. The van der Waals surface area contributed by atoms with Gasteiger partial charge in [0.15, 0.2) is 0 Å². The number of carboxylic acid groups (broad SMARTS) is 1. The number of halogens is 1. The van der Waals surface area contributed by atoms with Crippen molar-refractivity contribution in [1.29, 1.82) is 0 Å². The molecule has 6 nitrogen and oxygen atoms in total. The molecule has 1 aliphatic carbocycles. The Morgan fingerprint density at radius 2 is 2.20 bits per heavy atom. The van der Waals surface area contributed by atoms with Gasteiger partial charge in [0.2, 0.25) is 5.91 Å². The van der Waals surface area contributed by atoms with E-state index in [1.165, 1.54) is 4.90 Å². The largest absolute Gasteiger partial charge is 0.465 e. The lowest BCUT2D eigenvalue weighted by atomic mass is 9.98. The third kappa shape index (κ3) is 2.26. The molecule has 1 saturated heterocycles. The van der Waals surface area contributed by atoms with Crippen LogP contribution >= 0.6 is 15.9 Å². The molecule has 0 aromatic carbocycles. The molecule has 3 atom stereocenters. The SMILES string of the molecule is O=C(Nc1cccc(Br)n1)C1C2CCC(C2)N1C(=O)O. The van der Waals surface area contributed by atoms with Crippen LogP contribution in [-0.4, -0.2) is 39.1 Å². The van der Waals surface area contributed by atoms with Crippen molar-refractivity contribution in [2.75, 3.05) is 5.32 Å². The summed E-state index contributed by atoms with van der Waals surface area (Å²) in [5.74, 6) is 0.269. The van der Waals surface area contributed by atoms with Crippen LogP contribution < -0.4 is 5.32 Å². The van der Waals surface area contributed by atoms with Crippen molar-refractivity contribution in [2.24, 2.45) is 5.92 Å². The van der Waals surface area contributed by atoms with Crippen molar-refractivity contribution < 1.29 is 14.7 Å². The second-order valence-corrected chi connectivity index (χ2v) is 6.01. The summed E-state index contributed by atoms with van der Waals surface area (Å²) in [6.07, 6.45) is 1.55. The molecule has 20 heavy (non-hydrogen) atoms. The van der Waals surface area contributed by atoms with Gasteiger partial charge in [-0.1, -0.05) is 6.07 Å². The smallest absolute Gasteiger partial charge is 0.408 e. The fourth-order valence-corrected chi connectivity index (χ4v) is 3.62. The van der Waals surface area contributed by atoms with Crippen molar-refractivity contribution in [2.45, 2.75) is 31.3 Å². The van der Waals surface area contributed by atoms with E-state index in [0.717, 1.165) is 19.3 Å². The highest BCUT2D eigenvalue weighted by molar-refractivity contribution is 9.10. The molecule has 3 rings (SSSR count). The van der Waals surface area contributed by atoms with E-state index in [0.29, 0.717) is 10.4 Å². The van der Waals surface area contributed by atoms with Gasteiger partial charge in [0.05, 0.1) is 0 Å². The standard InChI is InChI=1S/C13H14BrN3O3/c14-9-2-1-3-10(15-9)16-12(18)11-7-4-5-8(6-7)17(11)13(19)20/h1-3,7-8,11H,4-6H2,(H,19,20)(H,15,16,18). The highest BCUT2D eigenvalue weighted by Crippen LogP contribution is 2.42. The first-order chi connectivity index (χ1) is 9.56. The molecule has 7 heteroatoms. The summed E-state index contributed by atoms with van der Waals surface area (Å²) in [5, 5.41) is 12.0. The maximum Gasteiger partial charge on any atom is 0.408 e. The van der Waals surface area contributed by atoms with E-state index >= 15 is 0 Å². The molecule has 2 bridgehead atoms. The summed E-state index contributed by atoms with van der Waals surface area (Å²) in [6, 6.07) is 4.61. The van der Waals surface area contributed by atoms with Crippen LogP contribution in [0.15, 0.2) is 22.8 Å². The topological polar surface area (TPSA) is 82.5 Å². The number of likely N-dealkylation sites (tertiary alicyclic amines) is 1. The fourth-order valence-electron chi connectivity index (χ4n) is 3.28. The van der Waals surface area contributed by atoms with Gasteiger partial charge in [-0.25, -0.2) is 9.78 Å². The summed E-state index contributed by atoms with van der Waals surface area (Å²) >= 11 is 3.24. The summed E-state index contributed by atoms with van der Waals surface area (Å²) in [6.45, 7) is 0. The van der Waals surface area contributed by atoms with Crippen LogP contribution in [0.5, 0.6) is 0 Å². The van der Waals surface area contributed by atoms with E-state index in [-0.39, 0.29) is 17.9 Å². The Balaban J connectivity index is 1.78. The first-order valence-electron chi connectivity index (χ1n) is 6.51. The van der Waals surface area contributed by atoms with Crippen LogP contribution in [0.4, 0.5) is 10.6 Å². The van der Waals surface area contributed by atoms with Gasteiger partial charge in [-0.15, -0.1) is 0 Å². The lowest BCUT2D eigenvalue weighted by Gasteiger charge is -2.31. The van der Waals surface area contributed by atoms with Gasteiger partial charge in [-0.2, -0.15) is 0 Å². The fraction of sp³-hybridized carbons (Fsp3) is 0.462. The predicted molar refractivity (Wildman–Crippen MR) is 75.3 cm³/mol. The minimum Gasteiger partial charge on any atom is -0.465 e. The average molecular weight is 340 g/mol. The molecular formula is C13H14BrN3O3. The van der Waals surface area contributed by atoms with E-state index in [4.69, 9.17) is 0 Å². The lowest BCUT2D eigenvalue weighted by Crippen LogP contribution is -2.50. The van der Waals surface area contributed by atoms with Crippen LogP contribution in [0.25, 0.3) is 0 Å². The number of anilines is 1. The Bertz CT molecular complexity index is 566. The average Bonchev–Trinajstić information content (AvgIpc) is 2.98. The highest BCUT2D eigenvalue weighted by atomic mass is 79.9. The molecule has 2 amide bonds. The van der Waals surface area contributed by atoms with Crippen LogP contribution in [0.1, 0.15) is 19.3 Å². The van der Waals surface area contributed by atoms with Crippen LogP contribution in [0.2, 0.25) is 0 Å². The van der Waals surface area contributed by atoms with Gasteiger partial charge in [0, 0.05) is 6.04 Å². The third-order valence-corrected chi connectivity index (χ3v) is 4.48. The molecule has 3 unspecified atom stereocenters. The van der Waals surface area contributed by atoms with Crippen LogP contribution in [0, 0.1) is 5.92 Å². The number of hydrogen-bond acceptors (Lipinski definition) is 3. The highest BCUT2D eigenvalue weighted by Gasteiger charge is 2.51. The number of amides is 2. The maximum absolute atomic E-state index is 12.4. The number of nitrogens with one attached hydrogen (secondary N) is 1. The van der Waals surface area contributed by atoms with Crippen molar-refractivity contribution in [3.05, 3.63) is 22.8 Å². The molecular weight excluding hydrogens is 326 g/mol. The lowest BCUT2D eigenvalue weighted by molar-refractivity contribution is -0.122. The molecule has 2 heterocycles. The van der Waals surface area contributed by atoms with Gasteiger partial charge in [-0.3, -0.25) is 9.69 Å². The molecule has 2 aliphatic rings. The second kappa shape index (κ2) is 5.05. The number of pyridine rings is 1. The van der Waals surface area contributed by atoms with Crippen LogP contribution in [-0.2, 0) is 4.79 Å². The zero-order chi connectivity index (χ0) is 14.3. The third-order valence-electron chi connectivity index (χ3n) is 4.04. The summed E-state index contributed by atoms with van der Waals surface area (Å²) in [4.78, 5) is 29.1. The number of rotatable bonds is 2. The first kappa shape index (κ1) is 13.4.